The molecule has 0 aliphatic rings. The van der Waals surface area contributed by atoms with E-state index in [9.17, 15) is 14.3 Å². The topological polar surface area (TPSA) is 76.4 Å². The summed E-state index contributed by atoms with van der Waals surface area (Å²) in [6, 6.07) is 13.4. The fourth-order valence-electron chi connectivity index (χ4n) is 1.83. The Balaban J connectivity index is 2.14. The smallest absolute Gasteiger partial charge is 0.267 e. The predicted octanol–water partition coefficient (Wildman–Crippen LogP) is 3.01. The van der Waals surface area contributed by atoms with Crippen molar-refractivity contribution in [3.8, 4) is 11.8 Å². The van der Waals surface area contributed by atoms with Crippen molar-refractivity contribution in [2.45, 2.75) is 0 Å². The number of rotatable bonds is 4. The number of amides is 1. The molecule has 0 aromatic heterocycles. The predicted molar refractivity (Wildman–Crippen MR) is 85.2 cm³/mol. The lowest BCUT2D eigenvalue weighted by Gasteiger charge is -2.15. The van der Waals surface area contributed by atoms with E-state index in [2.05, 4.69) is 5.32 Å². The van der Waals surface area contributed by atoms with Crippen LogP contribution in [0.4, 0.5) is 15.8 Å². The average molecular weight is 311 g/mol. The van der Waals surface area contributed by atoms with Gasteiger partial charge in [-0.25, -0.2) is 4.39 Å². The number of nitrogens with zero attached hydrogens (tertiary/aromatic N) is 2. The number of aromatic hydroxyl groups is 1. The van der Waals surface area contributed by atoms with Gasteiger partial charge in [0.05, 0.1) is 0 Å². The highest BCUT2D eigenvalue weighted by molar-refractivity contribution is 6.06. The van der Waals surface area contributed by atoms with Gasteiger partial charge in [0.15, 0.2) is 0 Å². The van der Waals surface area contributed by atoms with Crippen LogP contribution >= 0.6 is 0 Å². The second-order valence-electron chi connectivity index (χ2n) is 4.74. The lowest BCUT2D eigenvalue weighted by atomic mass is 10.2. The zero-order valence-corrected chi connectivity index (χ0v) is 12.3. The van der Waals surface area contributed by atoms with Gasteiger partial charge in [-0.2, -0.15) is 5.26 Å². The van der Waals surface area contributed by atoms with E-state index in [1.165, 1.54) is 42.6 Å². The molecule has 0 atom stereocenters. The first-order chi connectivity index (χ1) is 11.0. The number of carbonyl (C=O) groups is 1. The van der Waals surface area contributed by atoms with Crippen LogP contribution in [0.2, 0.25) is 0 Å². The van der Waals surface area contributed by atoms with Gasteiger partial charge >= 0.3 is 0 Å². The first-order valence-electron chi connectivity index (χ1n) is 6.70. The molecule has 0 unspecified atom stereocenters. The summed E-state index contributed by atoms with van der Waals surface area (Å²) in [5.41, 5.74) is 0.986. The van der Waals surface area contributed by atoms with Crippen molar-refractivity contribution in [2.24, 2.45) is 0 Å². The van der Waals surface area contributed by atoms with Gasteiger partial charge in [0.1, 0.15) is 23.2 Å². The van der Waals surface area contributed by atoms with Crippen LogP contribution in [0.1, 0.15) is 0 Å². The molecule has 0 spiro atoms. The number of carbonyl (C=O) groups excluding carboxylic acids is 1. The monoisotopic (exact) mass is 311 g/mol. The first-order valence-corrected chi connectivity index (χ1v) is 6.70. The minimum absolute atomic E-state index is 0.107. The molecule has 0 radical (unpaired) electrons. The Bertz CT molecular complexity index is 762. The fraction of sp³-hybridized carbons (Fsp3) is 0.0588. The van der Waals surface area contributed by atoms with Crippen molar-refractivity contribution in [2.75, 3.05) is 17.3 Å². The maximum atomic E-state index is 12.8. The average Bonchev–Trinajstić information content (AvgIpc) is 2.55. The Morgan fingerprint density at radius 2 is 1.83 bits per heavy atom. The minimum atomic E-state index is -0.593. The van der Waals surface area contributed by atoms with Crippen molar-refractivity contribution >= 4 is 17.3 Å². The van der Waals surface area contributed by atoms with Crippen molar-refractivity contribution in [3.05, 3.63) is 66.1 Å². The van der Waals surface area contributed by atoms with Crippen LogP contribution < -0.4 is 10.2 Å². The van der Waals surface area contributed by atoms with Crippen LogP contribution in [0.3, 0.4) is 0 Å². The fourth-order valence-corrected chi connectivity index (χ4v) is 1.83. The number of hydrogen-bond acceptors (Lipinski definition) is 4. The standard InChI is InChI=1S/C17H14FN3O2/c1-21(15-6-8-16(22)9-7-15)11-12(10-19)17(23)20-14-4-2-13(18)3-5-14/h2-9,11,22H,1H3,(H,20,23)/b12-11-. The molecule has 6 heteroatoms. The normalized spacial score (nSPS) is 10.7. The van der Waals surface area contributed by atoms with Crippen LogP contribution in [0.15, 0.2) is 60.3 Å². The summed E-state index contributed by atoms with van der Waals surface area (Å²) in [5, 5.41) is 20.9. The van der Waals surface area contributed by atoms with Gasteiger partial charge in [-0.1, -0.05) is 0 Å². The Morgan fingerprint density at radius 3 is 2.39 bits per heavy atom. The highest BCUT2D eigenvalue weighted by Gasteiger charge is 2.11. The van der Waals surface area contributed by atoms with Crippen LogP contribution in [0.5, 0.6) is 5.75 Å². The number of phenols is 1. The zero-order chi connectivity index (χ0) is 16.8. The molecule has 1 amide bonds. The minimum Gasteiger partial charge on any atom is -0.508 e. The SMILES string of the molecule is CN(/C=C(/C#N)C(=O)Nc1ccc(F)cc1)c1ccc(O)cc1. The number of anilines is 2. The van der Waals surface area contributed by atoms with Crippen molar-refractivity contribution < 1.29 is 14.3 Å². The van der Waals surface area contributed by atoms with Crippen molar-refractivity contribution in [1.29, 1.82) is 5.26 Å². The quantitative estimate of drug-likeness (QED) is 0.672. The van der Waals surface area contributed by atoms with Gasteiger partial charge in [0, 0.05) is 24.6 Å². The van der Waals surface area contributed by atoms with Gasteiger partial charge in [-0.15, -0.1) is 0 Å². The molecule has 0 heterocycles. The Hall–Kier alpha value is -3.33. The molecule has 0 saturated heterocycles. The van der Waals surface area contributed by atoms with E-state index in [1.807, 2.05) is 6.07 Å². The lowest BCUT2D eigenvalue weighted by molar-refractivity contribution is -0.112. The van der Waals surface area contributed by atoms with Crippen LogP contribution in [-0.2, 0) is 4.79 Å². The Kier molecular flexibility index (Phi) is 4.95. The Labute approximate surface area is 132 Å². The molecule has 116 valence electrons. The van der Waals surface area contributed by atoms with Crippen LogP contribution in [0.25, 0.3) is 0 Å². The molecule has 2 rings (SSSR count). The van der Waals surface area contributed by atoms with Gasteiger partial charge in [0.2, 0.25) is 0 Å². The largest absolute Gasteiger partial charge is 0.508 e. The maximum Gasteiger partial charge on any atom is 0.267 e. The summed E-state index contributed by atoms with van der Waals surface area (Å²) < 4.78 is 12.8. The number of hydrogen-bond donors (Lipinski definition) is 2. The number of benzene rings is 2. The summed E-state index contributed by atoms with van der Waals surface area (Å²) in [6.45, 7) is 0. The third kappa shape index (κ3) is 4.32. The molecule has 2 N–H and O–H groups in total. The van der Waals surface area contributed by atoms with E-state index in [1.54, 1.807) is 24.1 Å². The number of phenolic OH excluding ortho intramolecular Hbond substituents is 1. The van der Waals surface area contributed by atoms with E-state index in [-0.39, 0.29) is 11.3 Å². The molecule has 0 aliphatic heterocycles. The Morgan fingerprint density at radius 1 is 1.22 bits per heavy atom. The molecule has 5 nitrogen and oxygen atoms in total. The summed E-state index contributed by atoms with van der Waals surface area (Å²) in [6.07, 6.45) is 1.38. The van der Waals surface area contributed by atoms with Gasteiger partial charge < -0.3 is 15.3 Å². The molecular formula is C17H14FN3O2. The molecule has 2 aromatic rings. The molecule has 23 heavy (non-hydrogen) atoms. The summed E-state index contributed by atoms with van der Waals surface area (Å²) >= 11 is 0. The highest BCUT2D eigenvalue weighted by Crippen LogP contribution is 2.18. The van der Waals surface area contributed by atoms with E-state index in [0.717, 1.165) is 0 Å². The summed E-state index contributed by atoms with van der Waals surface area (Å²) in [7, 11) is 1.68. The van der Waals surface area contributed by atoms with Gasteiger partial charge in [-0.3, -0.25) is 4.79 Å². The summed E-state index contributed by atoms with van der Waals surface area (Å²) in [5.74, 6) is -0.878. The van der Waals surface area contributed by atoms with Gasteiger partial charge in [-0.05, 0) is 48.5 Å². The second kappa shape index (κ2) is 7.09. The molecular weight excluding hydrogens is 297 g/mol. The maximum absolute atomic E-state index is 12.8. The molecule has 2 aromatic carbocycles. The lowest BCUT2D eigenvalue weighted by Crippen LogP contribution is -2.17. The van der Waals surface area contributed by atoms with E-state index in [0.29, 0.717) is 11.4 Å². The van der Waals surface area contributed by atoms with Crippen molar-refractivity contribution in [1.82, 2.24) is 0 Å². The number of nitriles is 1. The van der Waals surface area contributed by atoms with E-state index >= 15 is 0 Å². The second-order valence-corrected chi connectivity index (χ2v) is 4.74. The van der Waals surface area contributed by atoms with E-state index < -0.39 is 11.7 Å². The number of nitrogens with one attached hydrogen (secondary N) is 1. The molecule has 0 saturated carbocycles. The molecule has 0 bridgehead atoms. The number of halogens is 1. The summed E-state index contributed by atoms with van der Waals surface area (Å²) in [4.78, 5) is 13.7. The van der Waals surface area contributed by atoms with Gasteiger partial charge in [0.25, 0.3) is 5.91 Å². The third-order valence-electron chi connectivity index (χ3n) is 3.05. The van der Waals surface area contributed by atoms with Crippen LogP contribution in [-0.4, -0.2) is 18.1 Å². The third-order valence-corrected chi connectivity index (χ3v) is 3.05. The highest BCUT2D eigenvalue weighted by atomic mass is 19.1. The molecule has 0 fully saturated rings. The first kappa shape index (κ1) is 16.0. The zero-order valence-electron chi connectivity index (χ0n) is 12.3. The molecule has 0 aliphatic carbocycles. The van der Waals surface area contributed by atoms with E-state index in [4.69, 9.17) is 5.26 Å². The van der Waals surface area contributed by atoms with Crippen LogP contribution in [0, 0.1) is 17.1 Å². The van der Waals surface area contributed by atoms with Crippen molar-refractivity contribution in [3.63, 3.8) is 0 Å².